The number of rotatable bonds is 8. The number of fused-ring (bicyclic) bond motifs is 1. The van der Waals surface area contributed by atoms with Crippen molar-refractivity contribution in [3.63, 3.8) is 0 Å². The molecule has 0 spiro atoms. The lowest BCUT2D eigenvalue weighted by Crippen LogP contribution is -2.13. The topological polar surface area (TPSA) is 29.1 Å². The number of carbonyl (C=O) groups excluding carboxylic acids is 1. The quantitative estimate of drug-likeness (QED) is 0.214. The first-order chi connectivity index (χ1) is 14.7. The molecule has 30 heavy (non-hydrogen) atoms. The van der Waals surface area contributed by atoms with Gasteiger partial charge in [-0.25, -0.2) is 0 Å². The third kappa shape index (κ3) is 4.56. The van der Waals surface area contributed by atoms with Gasteiger partial charge in [-0.15, -0.1) is 6.58 Å². The molecule has 0 fully saturated rings. The smallest absolute Gasteiger partial charge is 0.193 e. The predicted molar refractivity (Wildman–Crippen MR) is 126 cm³/mol. The molecular weight excluding hydrogens is 366 g/mol. The first-order valence-corrected chi connectivity index (χ1v) is 10.3. The molecule has 0 amide bonds. The minimum atomic E-state index is 0.0493. The highest BCUT2D eigenvalue weighted by molar-refractivity contribution is 6.10. The summed E-state index contributed by atoms with van der Waals surface area (Å²) < 4.78 is 0. The van der Waals surface area contributed by atoms with Gasteiger partial charge in [0.2, 0.25) is 0 Å². The van der Waals surface area contributed by atoms with Gasteiger partial charge in [0.05, 0.1) is 0 Å². The van der Waals surface area contributed by atoms with E-state index in [0.29, 0.717) is 5.56 Å². The maximum absolute atomic E-state index is 12.9. The molecule has 2 heteroatoms. The molecule has 2 nitrogen and oxygen atoms in total. The van der Waals surface area contributed by atoms with Crippen molar-refractivity contribution in [1.29, 1.82) is 0 Å². The van der Waals surface area contributed by atoms with Gasteiger partial charge in [-0.3, -0.25) is 4.79 Å². The van der Waals surface area contributed by atoms with Crippen molar-refractivity contribution in [2.45, 2.75) is 13.0 Å². The maximum Gasteiger partial charge on any atom is 0.193 e. The van der Waals surface area contributed by atoms with Crippen LogP contribution in [0.15, 0.2) is 104 Å². The second kappa shape index (κ2) is 9.34. The Morgan fingerprint density at radius 3 is 2.10 bits per heavy atom. The van der Waals surface area contributed by atoms with Gasteiger partial charge in [0.15, 0.2) is 5.78 Å². The van der Waals surface area contributed by atoms with Crippen LogP contribution in [0.5, 0.6) is 0 Å². The van der Waals surface area contributed by atoms with E-state index in [1.807, 2.05) is 66.7 Å². The predicted octanol–water partition coefficient (Wildman–Crippen LogP) is 6.40. The number of benzene rings is 4. The zero-order chi connectivity index (χ0) is 20.8. The summed E-state index contributed by atoms with van der Waals surface area (Å²) in [5, 5.41) is 5.62. The molecule has 0 saturated heterocycles. The number of hydrogen-bond donors (Lipinski definition) is 1. The van der Waals surface area contributed by atoms with E-state index in [0.717, 1.165) is 47.0 Å². The van der Waals surface area contributed by atoms with E-state index in [9.17, 15) is 4.79 Å². The molecule has 0 radical (unpaired) electrons. The average molecular weight is 392 g/mol. The van der Waals surface area contributed by atoms with E-state index < -0.39 is 0 Å². The van der Waals surface area contributed by atoms with Crippen LogP contribution in [0.2, 0.25) is 0 Å². The fourth-order valence-corrected chi connectivity index (χ4v) is 3.56. The Bertz CT molecular complexity index is 1160. The molecule has 0 aromatic heterocycles. The monoisotopic (exact) mass is 391 g/mol. The lowest BCUT2D eigenvalue weighted by molar-refractivity contribution is 0.103. The Morgan fingerprint density at radius 1 is 0.767 bits per heavy atom. The molecule has 4 rings (SSSR count). The standard InChI is InChI=1S/C28H25NO/c1-2-3-18-29-20-21-8-10-23(11-9-21)24-12-15-25(16-13-24)28(30)27-17-14-22-6-4-5-7-26(22)19-27/h2,4-17,19,29H,1,3,18,20H2. The number of carbonyl (C=O) groups is 1. The van der Waals surface area contributed by atoms with Crippen molar-refractivity contribution in [2.24, 2.45) is 0 Å². The number of nitrogens with one attached hydrogen (secondary N) is 1. The van der Waals surface area contributed by atoms with Crippen LogP contribution in [0.4, 0.5) is 0 Å². The summed E-state index contributed by atoms with van der Waals surface area (Å²) in [5.41, 5.74) is 4.93. The summed E-state index contributed by atoms with van der Waals surface area (Å²) in [7, 11) is 0. The first kappa shape index (κ1) is 19.8. The zero-order valence-electron chi connectivity index (χ0n) is 17.0. The molecule has 0 heterocycles. The molecule has 0 atom stereocenters. The summed E-state index contributed by atoms with van der Waals surface area (Å²) >= 11 is 0. The Labute approximate surface area is 177 Å². The second-order valence-electron chi connectivity index (χ2n) is 7.42. The molecule has 148 valence electrons. The van der Waals surface area contributed by atoms with Crippen LogP contribution in [-0.4, -0.2) is 12.3 Å². The third-order valence-electron chi connectivity index (χ3n) is 5.30. The molecule has 0 aliphatic carbocycles. The minimum absolute atomic E-state index is 0.0493. The third-order valence-corrected chi connectivity index (χ3v) is 5.30. The number of hydrogen-bond acceptors (Lipinski definition) is 2. The summed E-state index contributed by atoms with van der Waals surface area (Å²) in [6, 6.07) is 30.4. The lowest BCUT2D eigenvalue weighted by Gasteiger charge is -2.07. The molecular formula is C28H25NO. The summed E-state index contributed by atoms with van der Waals surface area (Å²) in [5.74, 6) is 0.0493. The van der Waals surface area contributed by atoms with Gasteiger partial charge >= 0.3 is 0 Å². The normalized spacial score (nSPS) is 10.8. The van der Waals surface area contributed by atoms with Crippen LogP contribution in [-0.2, 0) is 6.54 Å². The Balaban J connectivity index is 1.46. The number of ketones is 1. The van der Waals surface area contributed by atoms with Gasteiger partial charge in [0.25, 0.3) is 0 Å². The zero-order valence-corrected chi connectivity index (χ0v) is 17.0. The van der Waals surface area contributed by atoms with Crippen LogP contribution in [0.25, 0.3) is 21.9 Å². The maximum atomic E-state index is 12.9. The Hall–Kier alpha value is -3.49. The van der Waals surface area contributed by atoms with E-state index in [2.05, 4.69) is 42.2 Å². The van der Waals surface area contributed by atoms with E-state index >= 15 is 0 Å². The van der Waals surface area contributed by atoms with Crippen molar-refractivity contribution in [3.05, 3.63) is 120 Å². The molecule has 1 N–H and O–H groups in total. The molecule has 0 bridgehead atoms. The molecule has 0 unspecified atom stereocenters. The highest BCUT2D eigenvalue weighted by Gasteiger charge is 2.10. The van der Waals surface area contributed by atoms with Crippen LogP contribution in [0.3, 0.4) is 0 Å². The molecule has 4 aromatic carbocycles. The van der Waals surface area contributed by atoms with Gasteiger partial charge in [0, 0.05) is 17.7 Å². The van der Waals surface area contributed by atoms with Crippen molar-refractivity contribution < 1.29 is 4.79 Å². The summed E-state index contributed by atoms with van der Waals surface area (Å²) in [6.07, 6.45) is 2.90. The Morgan fingerprint density at radius 2 is 1.40 bits per heavy atom. The van der Waals surface area contributed by atoms with E-state index in [1.165, 1.54) is 5.56 Å². The van der Waals surface area contributed by atoms with Gasteiger partial charge in [0.1, 0.15) is 0 Å². The van der Waals surface area contributed by atoms with Crippen molar-refractivity contribution >= 4 is 16.6 Å². The van der Waals surface area contributed by atoms with Crippen LogP contribution < -0.4 is 5.32 Å². The van der Waals surface area contributed by atoms with Crippen LogP contribution >= 0.6 is 0 Å². The van der Waals surface area contributed by atoms with E-state index in [1.54, 1.807) is 0 Å². The van der Waals surface area contributed by atoms with Gasteiger partial charge < -0.3 is 5.32 Å². The highest BCUT2D eigenvalue weighted by atomic mass is 16.1. The van der Waals surface area contributed by atoms with E-state index in [-0.39, 0.29) is 5.78 Å². The fourth-order valence-electron chi connectivity index (χ4n) is 3.56. The average Bonchev–Trinajstić information content (AvgIpc) is 2.81. The summed E-state index contributed by atoms with van der Waals surface area (Å²) in [6.45, 7) is 5.53. The van der Waals surface area contributed by atoms with Crippen LogP contribution in [0, 0.1) is 0 Å². The second-order valence-corrected chi connectivity index (χ2v) is 7.42. The highest BCUT2D eigenvalue weighted by Crippen LogP contribution is 2.23. The fraction of sp³-hybridized carbons (Fsp3) is 0.107. The van der Waals surface area contributed by atoms with Gasteiger partial charge in [-0.1, -0.05) is 91.0 Å². The van der Waals surface area contributed by atoms with Crippen molar-refractivity contribution in [2.75, 3.05) is 6.54 Å². The first-order valence-electron chi connectivity index (χ1n) is 10.3. The molecule has 0 aliphatic rings. The van der Waals surface area contributed by atoms with Crippen LogP contribution in [0.1, 0.15) is 27.9 Å². The lowest BCUT2D eigenvalue weighted by atomic mass is 9.97. The molecule has 4 aromatic rings. The van der Waals surface area contributed by atoms with Gasteiger partial charge in [-0.2, -0.15) is 0 Å². The van der Waals surface area contributed by atoms with Crippen molar-refractivity contribution in [3.8, 4) is 11.1 Å². The molecule has 0 aliphatic heterocycles. The van der Waals surface area contributed by atoms with E-state index in [4.69, 9.17) is 0 Å². The largest absolute Gasteiger partial charge is 0.312 e. The van der Waals surface area contributed by atoms with Crippen molar-refractivity contribution in [1.82, 2.24) is 5.32 Å². The summed E-state index contributed by atoms with van der Waals surface area (Å²) in [4.78, 5) is 12.9. The Kier molecular flexibility index (Phi) is 6.17. The SMILES string of the molecule is C=CCCNCc1ccc(-c2ccc(C(=O)c3ccc4ccccc4c3)cc2)cc1. The molecule has 0 saturated carbocycles. The minimum Gasteiger partial charge on any atom is -0.312 e. The van der Waals surface area contributed by atoms with Gasteiger partial charge in [-0.05, 0) is 46.5 Å².